The number of amides is 1. The number of methoxy groups -OCH3 is 2. The molecular formula is C27H24FN5O5. The predicted molar refractivity (Wildman–Crippen MR) is 141 cm³/mol. The molecule has 0 atom stereocenters. The highest BCUT2D eigenvalue weighted by molar-refractivity contribution is 5.89. The van der Waals surface area contributed by atoms with Crippen LogP contribution < -0.4 is 19.9 Å². The van der Waals surface area contributed by atoms with Crippen LogP contribution in [0.3, 0.4) is 0 Å². The SMILES string of the molecule is CCN(C(=O)O)c1nc2ccc(-c3cc(Cc4n[nH]c(=O)c5cc(OC)c(OC)cc45)ccc3F)cc2[nH]1. The molecule has 10 nitrogen and oxygen atoms in total. The summed E-state index contributed by atoms with van der Waals surface area (Å²) in [5, 5.41) is 17.2. The van der Waals surface area contributed by atoms with E-state index in [9.17, 15) is 19.1 Å². The van der Waals surface area contributed by atoms with Gasteiger partial charge in [-0.05, 0) is 54.4 Å². The Morgan fingerprint density at radius 3 is 2.47 bits per heavy atom. The second-order valence-electron chi connectivity index (χ2n) is 8.56. The van der Waals surface area contributed by atoms with Crippen molar-refractivity contribution in [3.05, 3.63) is 76.0 Å². The molecule has 2 aromatic heterocycles. The zero-order chi connectivity index (χ0) is 27.0. The van der Waals surface area contributed by atoms with E-state index in [-0.39, 0.29) is 18.1 Å². The lowest BCUT2D eigenvalue weighted by Gasteiger charge is -2.12. The fourth-order valence-corrected chi connectivity index (χ4v) is 4.44. The van der Waals surface area contributed by atoms with Crippen LogP contribution in [0.15, 0.2) is 53.3 Å². The van der Waals surface area contributed by atoms with Crippen LogP contribution in [-0.2, 0) is 6.42 Å². The van der Waals surface area contributed by atoms with E-state index in [4.69, 9.17) is 9.47 Å². The van der Waals surface area contributed by atoms with Crippen LogP contribution in [0.2, 0.25) is 0 Å². The van der Waals surface area contributed by atoms with Crippen molar-refractivity contribution in [2.45, 2.75) is 13.3 Å². The van der Waals surface area contributed by atoms with Crippen LogP contribution in [-0.4, -0.2) is 52.1 Å². The van der Waals surface area contributed by atoms with Crippen LogP contribution in [0.1, 0.15) is 18.2 Å². The molecule has 5 rings (SSSR count). The van der Waals surface area contributed by atoms with Crippen molar-refractivity contribution in [2.75, 3.05) is 25.7 Å². The van der Waals surface area contributed by atoms with Crippen molar-refractivity contribution in [1.82, 2.24) is 20.2 Å². The lowest BCUT2D eigenvalue weighted by Crippen LogP contribution is -2.29. The van der Waals surface area contributed by atoms with E-state index in [1.54, 1.807) is 49.4 Å². The van der Waals surface area contributed by atoms with Crippen molar-refractivity contribution in [3.8, 4) is 22.6 Å². The van der Waals surface area contributed by atoms with Crippen molar-refractivity contribution in [2.24, 2.45) is 0 Å². The molecule has 0 unspecified atom stereocenters. The van der Waals surface area contributed by atoms with E-state index in [1.165, 1.54) is 20.3 Å². The van der Waals surface area contributed by atoms with Crippen molar-refractivity contribution >= 4 is 33.8 Å². The van der Waals surface area contributed by atoms with E-state index < -0.39 is 11.9 Å². The molecule has 0 saturated heterocycles. The summed E-state index contributed by atoms with van der Waals surface area (Å²) in [5.74, 6) is 0.670. The number of aromatic amines is 2. The van der Waals surface area contributed by atoms with Crippen molar-refractivity contribution in [3.63, 3.8) is 0 Å². The Balaban J connectivity index is 1.54. The van der Waals surface area contributed by atoms with Gasteiger partial charge in [0.15, 0.2) is 11.5 Å². The molecule has 3 aromatic carbocycles. The van der Waals surface area contributed by atoms with Crippen LogP contribution in [0.4, 0.5) is 15.1 Å². The Labute approximate surface area is 215 Å². The topological polar surface area (TPSA) is 133 Å². The smallest absolute Gasteiger partial charge is 0.414 e. The molecule has 11 heteroatoms. The summed E-state index contributed by atoms with van der Waals surface area (Å²) in [5.41, 5.74) is 3.09. The normalized spacial score (nSPS) is 11.2. The third-order valence-electron chi connectivity index (χ3n) is 6.36. The number of anilines is 1. The summed E-state index contributed by atoms with van der Waals surface area (Å²) in [6.45, 7) is 1.94. The fraction of sp³-hybridized carbons (Fsp3) is 0.185. The molecule has 0 aliphatic heterocycles. The molecule has 0 fully saturated rings. The monoisotopic (exact) mass is 517 g/mol. The number of ether oxygens (including phenoxy) is 2. The van der Waals surface area contributed by atoms with E-state index in [2.05, 4.69) is 20.2 Å². The second kappa shape index (κ2) is 9.85. The maximum atomic E-state index is 15.0. The van der Waals surface area contributed by atoms with Gasteiger partial charge in [-0.2, -0.15) is 5.10 Å². The van der Waals surface area contributed by atoms with Crippen molar-refractivity contribution < 1.29 is 23.8 Å². The van der Waals surface area contributed by atoms with Gasteiger partial charge >= 0.3 is 6.09 Å². The number of carbonyl (C=O) groups is 1. The molecule has 0 bridgehead atoms. The van der Waals surface area contributed by atoms with Gasteiger partial charge in [0.1, 0.15) is 5.82 Å². The average Bonchev–Trinajstić information content (AvgIpc) is 3.33. The van der Waals surface area contributed by atoms with Crippen molar-refractivity contribution in [1.29, 1.82) is 0 Å². The molecule has 0 aliphatic carbocycles. The molecule has 0 spiro atoms. The first-order chi connectivity index (χ1) is 18.3. The maximum absolute atomic E-state index is 15.0. The van der Waals surface area contributed by atoms with Gasteiger partial charge in [-0.15, -0.1) is 0 Å². The summed E-state index contributed by atoms with van der Waals surface area (Å²) in [6, 6.07) is 13.3. The molecule has 3 N–H and O–H groups in total. The van der Waals surface area contributed by atoms with Crippen LogP contribution in [0.25, 0.3) is 32.9 Å². The first-order valence-corrected chi connectivity index (χ1v) is 11.7. The van der Waals surface area contributed by atoms with Gasteiger partial charge in [0, 0.05) is 23.9 Å². The number of nitrogens with one attached hydrogen (secondary N) is 2. The minimum atomic E-state index is -1.12. The van der Waals surface area contributed by atoms with Crippen LogP contribution in [0, 0.1) is 5.82 Å². The Bertz CT molecular complexity index is 1750. The third kappa shape index (κ3) is 4.38. The first kappa shape index (κ1) is 24.8. The quantitative estimate of drug-likeness (QED) is 0.284. The summed E-state index contributed by atoms with van der Waals surface area (Å²) in [7, 11) is 3.00. The van der Waals surface area contributed by atoms with E-state index in [0.717, 1.165) is 10.5 Å². The lowest BCUT2D eigenvalue weighted by molar-refractivity contribution is 0.202. The van der Waals surface area contributed by atoms with Gasteiger partial charge in [0.25, 0.3) is 5.56 Å². The molecule has 38 heavy (non-hydrogen) atoms. The standard InChI is InChI=1S/C27H24FN5O5/c1-4-33(27(35)36)26-29-20-8-6-15(11-22(20)30-26)16-9-14(5-7-19(16)28)10-21-17-12-23(37-2)24(38-3)13-18(17)25(34)32-31-21/h5-9,11-13H,4,10H2,1-3H3,(H,29,30)(H,32,34)(H,35,36). The lowest BCUT2D eigenvalue weighted by atomic mass is 9.98. The van der Waals surface area contributed by atoms with Gasteiger partial charge in [0.2, 0.25) is 5.95 Å². The predicted octanol–water partition coefficient (Wildman–Crippen LogP) is 4.72. The maximum Gasteiger partial charge on any atom is 0.414 e. The molecule has 0 radical (unpaired) electrons. The summed E-state index contributed by atoms with van der Waals surface area (Å²) < 4.78 is 25.7. The zero-order valence-electron chi connectivity index (χ0n) is 20.8. The van der Waals surface area contributed by atoms with Gasteiger partial charge in [-0.3, -0.25) is 4.79 Å². The number of imidazole rings is 1. The number of carboxylic acid groups (broad SMARTS) is 1. The molecule has 5 aromatic rings. The molecule has 0 saturated carbocycles. The number of nitrogens with zero attached hydrogens (tertiary/aromatic N) is 3. The van der Waals surface area contributed by atoms with Crippen LogP contribution in [0.5, 0.6) is 11.5 Å². The highest BCUT2D eigenvalue weighted by atomic mass is 19.1. The summed E-state index contributed by atoms with van der Waals surface area (Å²) in [6.07, 6.45) is -0.804. The Hall–Kier alpha value is -4.93. The minimum Gasteiger partial charge on any atom is -0.493 e. The number of halogens is 1. The highest BCUT2D eigenvalue weighted by Gasteiger charge is 2.18. The molecule has 1 amide bonds. The van der Waals surface area contributed by atoms with Crippen LogP contribution >= 0.6 is 0 Å². The summed E-state index contributed by atoms with van der Waals surface area (Å²) in [4.78, 5) is 32.3. The number of hydrogen-bond acceptors (Lipinski definition) is 6. The number of aromatic nitrogens is 4. The highest BCUT2D eigenvalue weighted by Crippen LogP contribution is 2.33. The number of rotatable bonds is 7. The first-order valence-electron chi connectivity index (χ1n) is 11.7. The molecular weight excluding hydrogens is 493 g/mol. The Kier molecular flexibility index (Phi) is 6.41. The number of H-pyrrole nitrogens is 2. The zero-order valence-corrected chi connectivity index (χ0v) is 20.8. The number of fused-ring (bicyclic) bond motifs is 2. The summed E-state index contributed by atoms with van der Waals surface area (Å²) >= 11 is 0. The number of benzene rings is 3. The van der Waals surface area contributed by atoms with E-state index in [0.29, 0.717) is 56.5 Å². The Morgan fingerprint density at radius 2 is 1.79 bits per heavy atom. The van der Waals surface area contributed by atoms with Gasteiger partial charge in [-0.25, -0.2) is 24.2 Å². The van der Waals surface area contributed by atoms with Gasteiger partial charge < -0.3 is 19.6 Å². The molecule has 2 heterocycles. The van der Waals surface area contributed by atoms with E-state index in [1.807, 2.05) is 0 Å². The number of hydrogen-bond donors (Lipinski definition) is 3. The largest absolute Gasteiger partial charge is 0.493 e. The fourth-order valence-electron chi connectivity index (χ4n) is 4.44. The molecule has 0 aliphatic rings. The Morgan fingerprint density at radius 1 is 1.05 bits per heavy atom. The average molecular weight is 518 g/mol. The third-order valence-corrected chi connectivity index (χ3v) is 6.36. The minimum absolute atomic E-state index is 0.199. The second-order valence-corrected chi connectivity index (χ2v) is 8.56. The van der Waals surface area contributed by atoms with E-state index >= 15 is 0 Å². The van der Waals surface area contributed by atoms with Gasteiger partial charge in [0.05, 0.1) is 36.3 Å². The van der Waals surface area contributed by atoms with Gasteiger partial charge in [-0.1, -0.05) is 12.1 Å². The molecule has 194 valence electrons.